The lowest BCUT2D eigenvalue weighted by atomic mass is 10.1. The molecule has 6 nitrogen and oxygen atoms in total. The smallest absolute Gasteiger partial charge is 0.324 e. The van der Waals surface area contributed by atoms with Gasteiger partial charge in [-0.25, -0.2) is 0 Å². The van der Waals surface area contributed by atoms with Gasteiger partial charge in [0.1, 0.15) is 33.5 Å². The number of carbonyl (C=O) groups is 2. The molecule has 0 spiro atoms. The van der Waals surface area contributed by atoms with E-state index >= 15 is 0 Å². The maximum absolute atomic E-state index is 12.2. The highest BCUT2D eigenvalue weighted by atomic mass is 32.2. The van der Waals surface area contributed by atoms with E-state index in [2.05, 4.69) is 0 Å². The van der Waals surface area contributed by atoms with Gasteiger partial charge < -0.3 is 18.9 Å². The number of ether oxygens (including phenoxy) is 4. The van der Waals surface area contributed by atoms with Crippen molar-refractivity contribution in [3.8, 4) is 23.0 Å². The predicted octanol–water partition coefficient (Wildman–Crippen LogP) is 10.1. The minimum absolute atomic E-state index is 0.231. The van der Waals surface area contributed by atoms with Crippen LogP contribution in [0.4, 0.5) is 0 Å². The largest absolute Gasteiger partial charge is 0.465 e. The number of hydrogen-bond donors (Lipinski definition) is 0. The molecule has 2 aliphatic heterocycles. The van der Waals surface area contributed by atoms with Crippen molar-refractivity contribution in [2.24, 2.45) is 0 Å². The first-order valence-electron chi connectivity index (χ1n) is 15.0. The van der Waals surface area contributed by atoms with Crippen LogP contribution in [0.25, 0.3) is 0 Å². The van der Waals surface area contributed by atoms with Gasteiger partial charge in [-0.3, -0.25) is 9.59 Å². The summed E-state index contributed by atoms with van der Waals surface area (Å²) in [6.07, 6.45) is 0. The molecule has 0 bridgehead atoms. The Hall–Kier alpha value is -4.66. The molecule has 2 heterocycles. The molecule has 0 aliphatic carbocycles. The van der Waals surface area contributed by atoms with Gasteiger partial charge in [0.2, 0.25) is 0 Å². The van der Waals surface area contributed by atoms with Gasteiger partial charge in [0.25, 0.3) is 0 Å². The first kappa shape index (κ1) is 32.7. The second kappa shape index (κ2) is 16.6. The molecule has 0 aromatic heterocycles. The van der Waals surface area contributed by atoms with E-state index in [4.69, 9.17) is 18.9 Å². The van der Waals surface area contributed by atoms with Crippen molar-refractivity contribution < 1.29 is 28.5 Å². The van der Waals surface area contributed by atoms with Crippen LogP contribution in [-0.4, -0.2) is 25.2 Å². The summed E-state index contributed by atoms with van der Waals surface area (Å²) in [5.41, 5.74) is 1.71. The molecule has 2 atom stereocenters. The molecule has 234 valence electrons. The SMILES string of the molecule is CCOC(=O)C1Sc2ccccc2Oc2ccccc21.CCOC(=O)C1Sc2ccccc2Oc2ccccc21.c1ccccc1. The van der Waals surface area contributed by atoms with Gasteiger partial charge in [-0.05, 0) is 50.2 Å². The Morgan fingerprint density at radius 2 is 0.826 bits per heavy atom. The Kier molecular flexibility index (Phi) is 11.8. The molecule has 5 aromatic carbocycles. The number of carbonyl (C=O) groups excluding carboxylic acids is 2. The molecule has 0 N–H and O–H groups in total. The van der Waals surface area contributed by atoms with Crippen LogP contribution in [0.5, 0.6) is 23.0 Å². The van der Waals surface area contributed by atoms with Crippen molar-refractivity contribution >= 4 is 35.5 Å². The van der Waals surface area contributed by atoms with Crippen LogP contribution in [0.1, 0.15) is 35.5 Å². The summed E-state index contributed by atoms with van der Waals surface area (Å²) in [6, 6.07) is 42.7. The van der Waals surface area contributed by atoms with Crippen molar-refractivity contribution in [3.63, 3.8) is 0 Å². The third-order valence-corrected chi connectivity index (χ3v) is 9.25. The van der Waals surface area contributed by atoms with Gasteiger partial charge >= 0.3 is 11.9 Å². The van der Waals surface area contributed by atoms with Gasteiger partial charge in [0.05, 0.1) is 23.0 Å². The van der Waals surface area contributed by atoms with E-state index in [1.807, 2.05) is 147 Å². The molecular weight excluding hydrogens is 617 g/mol. The van der Waals surface area contributed by atoms with Crippen LogP contribution in [0, 0.1) is 0 Å². The fourth-order valence-corrected chi connectivity index (χ4v) is 6.88. The molecule has 0 amide bonds. The van der Waals surface area contributed by atoms with E-state index in [0.717, 1.165) is 32.4 Å². The van der Waals surface area contributed by atoms with Crippen LogP contribution in [-0.2, 0) is 19.1 Å². The van der Waals surface area contributed by atoms with Crippen molar-refractivity contribution in [3.05, 3.63) is 145 Å². The molecule has 2 aliphatic rings. The van der Waals surface area contributed by atoms with Crippen molar-refractivity contribution in [1.82, 2.24) is 0 Å². The number of rotatable bonds is 4. The number of fused-ring (bicyclic) bond motifs is 4. The average molecular weight is 651 g/mol. The lowest BCUT2D eigenvalue weighted by Crippen LogP contribution is -2.13. The van der Waals surface area contributed by atoms with Crippen molar-refractivity contribution in [1.29, 1.82) is 0 Å². The quantitative estimate of drug-likeness (QED) is 0.178. The number of hydrogen-bond acceptors (Lipinski definition) is 8. The third kappa shape index (κ3) is 8.33. The fourth-order valence-electron chi connectivity index (χ4n) is 4.63. The highest BCUT2D eigenvalue weighted by Gasteiger charge is 2.31. The first-order chi connectivity index (χ1) is 22.6. The van der Waals surface area contributed by atoms with Crippen LogP contribution in [0.2, 0.25) is 0 Å². The Morgan fingerprint density at radius 3 is 1.20 bits per heavy atom. The van der Waals surface area contributed by atoms with Crippen LogP contribution < -0.4 is 9.47 Å². The maximum atomic E-state index is 12.2. The summed E-state index contributed by atoms with van der Waals surface area (Å²) in [4.78, 5) is 26.3. The summed E-state index contributed by atoms with van der Waals surface area (Å²) in [5, 5.41) is -0.787. The zero-order valence-corrected chi connectivity index (χ0v) is 27.2. The van der Waals surface area contributed by atoms with Crippen LogP contribution in [0.15, 0.2) is 143 Å². The minimum atomic E-state index is -0.394. The fraction of sp³-hybridized carbons (Fsp3) is 0.158. The molecular formula is C38H34O6S2. The van der Waals surface area contributed by atoms with Crippen LogP contribution in [0.3, 0.4) is 0 Å². The summed E-state index contributed by atoms with van der Waals surface area (Å²) in [6.45, 7) is 4.38. The Balaban J connectivity index is 0.000000154. The van der Waals surface area contributed by atoms with Gasteiger partial charge in [-0.2, -0.15) is 0 Å². The average Bonchev–Trinajstić information content (AvgIpc) is 3.38. The molecule has 0 radical (unpaired) electrons. The second-order valence-electron chi connectivity index (χ2n) is 9.83. The number of para-hydroxylation sites is 4. The molecule has 46 heavy (non-hydrogen) atoms. The predicted molar refractivity (Wildman–Crippen MR) is 183 cm³/mol. The van der Waals surface area contributed by atoms with Gasteiger partial charge in [0, 0.05) is 11.1 Å². The number of benzene rings is 5. The molecule has 0 saturated heterocycles. The number of esters is 2. The Labute approximate surface area is 278 Å². The van der Waals surface area contributed by atoms with E-state index in [-0.39, 0.29) is 11.9 Å². The van der Waals surface area contributed by atoms with Gasteiger partial charge in [0.15, 0.2) is 0 Å². The molecule has 0 fully saturated rings. The Bertz CT molecular complexity index is 1600. The van der Waals surface area contributed by atoms with E-state index in [0.29, 0.717) is 24.7 Å². The first-order valence-corrected chi connectivity index (χ1v) is 16.7. The minimum Gasteiger partial charge on any atom is -0.465 e. The summed E-state index contributed by atoms with van der Waals surface area (Å²) in [7, 11) is 0. The van der Waals surface area contributed by atoms with E-state index in [1.165, 1.54) is 23.5 Å². The Morgan fingerprint density at radius 1 is 0.500 bits per heavy atom. The summed E-state index contributed by atoms with van der Waals surface area (Å²) < 4.78 is 22.3. The number of thioether (sulfide) groups is 2. The second-order valence-corrected chi connectivity index (χ2v) is 12.1. The zero-order chi connectivity index (χ0) is 32.1. The lowest BCUT2D eigenvalue weighted by molar-refractivity contribution is -0.143. The molecule has 8 heteroatoms. The van der Waals surface area contributed by atoms with Gasteiger partial charge in [-0.1, -0.05) is 97.1 Å². The van der Waals surface area contributed by atoms with E-state index in [1.54, 1.807) is 0 Å². The van der Waals surface area contributed by atoms with E-state index < -0.39 is 10.5 Å². The molecule has 7 rings (SSSR count). The molecule has 5 aromatic rings. The summed E-state index contributed by atoms with van der Waals surface area (Å²) >= 11 is 2.94. The summed E-state index contributed by atoms with van der Waals surface area (Å²) in [5.74, 6) is 2.51. The third-order valence-electron chi connectivity index (χ3n) is 6.70. The van der Waals surface area contributed by atoms with Gasteiger partial charge in [-0.15, -0.1) is 23.5 Å². The van der Waals surface area contributed by atoms with E-state index in [9.17, 15) is 9.59 Å². The maximum Gasteiger partial charge on any atom is 0.324 e. The zero-order valence-electron chi connectivity index (χ0n) is 25.5. The monoisotopic (exact) mass is 650 g/mol. The van der Waals surface area contributed by atoms with Crippen molar-refractivity contribution in [2.45, 2.75) is 34.1 Å². The topological polar surface area (TPSA) is 71.1 Å². The normalized spacial score (nSPS) is 15.3. The standard InChI is InChI=1S/2C16H14O3S.C6H6/c2*1-2-18-16(17)15-11-7-3-4-8-12(11)19-13-9-5-6-10-14(13)20-15;1-2-4-6-5-3-1/h2*3-10,15H,2H2,1H3;1-6H. The highest BCUT2D eigenvalue weighted by Crippen LogP contribution is 2.49. The van der Waals surface area contributed by atoms with Crippen LogP contribution >= 0.6 is 23.5 Å². The molecule has 2 unspecified atom stereocenters. The highest BCUT2D eigenvalue weighted by molar-refractivity contribution is 8.00. The van der Waals surface area contributed by atoms with Crippen molar-refractivity contribution in [2.75, 3.05) is 13.2 Å². The molecule has 0 saturated carbocycles. The lowest BCUT2D eigenvalue weighted by Gasteiger charge is -2.14.